The van der Waals surface area contributed by atoms with E-state index in [4.69, 9.17) is 9.47 Å². The van der Waals surface area contributed by atoms with Crippen molar-refractivity contribution in [1.29, 1.82) is 0 Å². The zero-order valence-corrected chi connectivity index (χ0v) is 15.9. The number of nitrogens with zero attached hydrogens (tertiary/aromatic N) is 4. The lowest BCUT2D eigenvalue weighted by Crippen LogP contribution is -2.47. The van der Waals surface area contributed by atoms with Crippen LogP contribution in [0.2, 0.25) is 0 Å². The highest BCUT2D eigenvalue weighted by atomic mass is 16.6. The minimum Gasteiger partial charge on any atom is -0.377 e. The van der Waals surface area contributed by atoms with Crippen LogP contribution in [0.15, 0.2) is 12.4 Å². The number of rotatable bonds is 5. The van der Waals surface area contributed by atoms with E-state index in [-0.39, 0.29) is 11.7 Å². The van der Waals surface area contributed by atoms with Crippen molar-refractivity contribution in [2.24, 2.45) is 0 Å². The number of aromatic nitrogens is 2. The Hall–Kier alpha value is -1.44. The summed E-state index contributed by atoms with van der Waals surface area (Å²) >= 11 is 0. The summed E-state index contributed by atoms with van der Waals surface area (Å²) in [7, 11) is 3.95. The predicted molar refractivity (Wildman–Crippen MR) is 99.2 cm³/mol. The van der Waals surface area contributed by atoms with Gasteiger partial charge in [0.05, 0.1) is 19.3 Å². The van der Waals surface area contributed by atoms with Crippen LogP contribution in [0.4, 0.5) is 11.6 Å². The van der Waals surface area contributed by atoms with Crippen LogP contribution in [0, 0.1) is 0 Å². The third-order valence-corrected chi connectivity index (χ3v) is 5.07. The molecular weight excluding hydrogens is 318 g/mol. The van der Waals surface area contributed by atoms with Crippen molar-refractivity contribution in [3.05, 3.63) is 12.4 Å². The second-order valence-corrected chi connectivity index (χ2v) is 7.62. The van der Waals surface area contributed by atoms with E-state index in [1.54, 1.807) is 6.33 Å². The van der Waals surface area contributed by atoms with E-state index in [2.05, 4.69) is 34.0 Å². The summed E-state index contributed by atoms with van der Waals surface area (Å²) in [5.74, 6) is 1.73. The third kappa shape index (κ3) is 4.59. The molecule has 2 fully saturated rings. The second-order valence-electron chi connectivity index (χ2n) is 7.62. The summed E-state index contributed by atoms with van der Waals surface area (Å²) in [5.41, 5.74) is -0.159. The molecule has 7 heteroatoms. The predicted octanol–water partition coefficient (Wildman–Crippen LogP) is 1.61. The molecule has 0 aliphatic carbocycles. The Labute approximate surface area is 150 Å². The van der Waals surface area contributed by atoms with Crippen molar-refractivity contribution in [3.8, 4) is 0 Å². The molecule has 1 aromatic rings. The van der Waals surface area contributed by atoms with Crippen molar-refractivity contribution in [2.75, 3.05) is 57.2 Å². The summed E-state index contributed by atoms with van der Waals surface area (Å²) in [5, 5.41) is 3.40. The minimum absolute atomic E-state index is 0.159. The van der Waals surface area contributed by atoms with Gasteiger partial charge in [-0.05, 0) is 26.7 Å². The molecule has 25 heavy (non-hydrogen) atoms. The van der Waals surface area contributed by atoms with Crippen molar-refractivity contribution in [3.63, 3.8) is 0 Å². The van der Waals surface area contributed by atoms with Crippen LogP contribution in [0.3, 0.4) is 0 Å². The molecule has 0 saturated carbocycles. The summed E-state index contributed by atoms with van der Waals surface area (Å²) < 4.78 is 12.3. The first kappa shape index (κ1) is 18.4. The van der Waals surface area contributed by atoms with E-state index in [0.717, 1.165) is 50.7 Å². The molecule has 2 aliphatic rings. The molecular formula is C18H31N5O2. The third-order valence-electron chi connectivity index (χ3n) is 5.07. The van der Waals surface area contributed by atoms with Gasteiger partial charge in [-0.3, -0.25) is 4.90 Å². The van der Waals surface area contributed by atoms with Gasteiger partial charge in [0.15, 0.2) is 0 Å². The first-order chi connectivity index (χ1) is 12.0. The number of hydrogen-bond donors (Lipinski definition) is 1. The number of nitrogens with one attached hydrogen (secondary N) is 1. The van der Waals surface area contributed by atoms with Crippen molar-refractivity contribution < 1.29 is 9.47 Å². The highest BCUT2D eigenvalue weighted by molar-refractivity contribution is 5.47. The van der Waals surface area contributed by atoms with Crippen molar-refractivity contribution in [1.82, 2.24) is 14.9 Å². The average molecular weight is 349 g/mol. The summed E-state index contributed by atoms with van der Waals surface area (Å²) in [6.07, 6.45) is 3.88. The van der Waals surface area contributed by atoms with Gasteiger partial charge in [-0.1, -0.05) is 0 Å². The average Bonchev–Trinajstić information content (AvgIpc) is 2.86. The van der Waals surface area contributed by atoms with E-state index in [0.29, 0.717) is 12.6 Å². The molecule has 0 unspecified atom stereocenters. The van der Waals surface area contributed by atoms with Gasteiger partial charge in [0.2, 0.25) is 0 Å². The lowest BCUT2D eigenvalue weighted by molar-refractivity contribution is -0.0839. The van der Waals surface area contributed by atoms with Gasteiger partial charge in [0.1, 0.15) is 23.6 Å². The molecule has 0 aromatic carbocycles. The number of hydrogen-bond acceptors (Lipinski definition) is 7. The zero-order valence-electron chi connectivity index (χ0n) is 15.9. The Kier molecular flexibility index (Phi) is 5.76. The fraction of sp³-hybridized carbons (Fsp3) is 0.778. The molecule has 0 amide bonds. The van der Waals surface area contributed by atoms with E-state index >= 15 is 0 Å². The molecule has 2 atom stereocenters. The first-order valence-electron chi connectivity index (χ1n) is 9.20. The Morgan fingerprint density at radius 1 is 1.40 bits per heavy atom. The molecule has 0 radical (unpaired) electrons. The Morgan fingerprint density at radius 3 is 3.00 bits per heavy atom. The van der Waals surface area contributed by atoms with Crippen LogP contribution < -0.4 is 10.2 Å². The standard InChI is InChI=1S/C18H31N5O2/c1-14(2)23-7-8-24-12-18(11-23)6-5-15(25-18)10-19-16-9-17(22(3)4)21-13-20-16/h9,13-15H,5-8,10-12H2,1-4H3,(H,19,20,21)/t15-,18-/m0/s1. The minimum atomic E-state index is -0.159. The summed E-state index contributed by atoms with van der Waals surface area (Å²) in [4.78, 5) is 13.0. The maximum absolute atomic E-state index is 6.47. The molecule has 2 saturated heterocycles. The first-order valence-corrected chi connectivity index (χ1v) is 9.20. The van der Waals surface area contributed by atoms with Gasteiger partial charge in [-0.25, -0.2) is 9.97 Å². The highest BCUT2D eigenvalue weighted by Gasteiger charge is 2.43. The molecule has 1 N–H and O–H groups in total. The SMILES string of the molecule is CC(C)N1CCOC[C@]2(CC[C@@H](CNc3cc(N(C)C)ncn3)O2)C1. The number of ether oxygens (including phenoxy) is 2. The summed E-state index contributed by atoms with van der Waals surface area (Å²) in [6.45, 7) is 8.67. The van der Waals surface area contributed by atoms with Gasteiger partial charge >= 0.3 is 0 Å². The van der Waals surface area contributed by atoms with E-state index in [9.17, 15) is 0 Å². The monoisotopic (exact) mass is 349 g/mol. The van der Waals surface area contributed by atoms with Gasteiger partial charge in [-0.15, -0.1) is 0 Å². The molecule has 3 heterocycles. The molecule has 0 bridgehead atoms. The normalized spacial score (nSPS) is 27.6. The number of anilines is 2. The smallest absolute Gasteiger partial charge is 0.133 e. The fourth-order valence-corrected chi connectivity index (χ4v) is 3.54. The quantitative estimate of drug-likeness (QED) is 0.866. The van der Waals surface area contributed by atoms with Gasteiger partial charge in [0, 0.05) is 45.8 Å². The molecule has 1 spiro atoms. The van der Waals surface area contributed by atoms with Crippen LogP contribution in [-0.4, -0.2) is 79.6 Å². The zero-order chi connectivity index (χ0) is 17.9. The second kappa shape index (κ2) is 7.85. The van der Waals surface area contributed by atoms with Gasteiger partial charge in [-0.2, -0.15) is 0 Å². The van der Waals surface area contributed by atoms with Crippen molar-refractivity contribution >= 4 is 11.6 Å². The molecule has 2 aliphatic heterocycles. The summed E-state index contributed by atoms with van der Waals surface area (Å²) in [6, 6.07) is 2.48. The van der Waals surface area contributed by atoms with Crippen LogP contribution in [0.25, 0.3) is 0 Å². The fourth-order valence-electron chi connectivity index (χ4n) is 3.54. The van der Waals surface area contributed by atoms with Gasteiger partial charge in [0.25, 0.3) is 0 Å². The largest absolute Gasteiger partial charge is 0.377 e. The van der Waals surface area contributed by atoms with Crippen molar-refractivity contribution in [2.45, 2.75) is 44.4 Å². The lowest BCUT2D eigenvalue weighted by atomic mass is 9.99. The maximum atomic E-state index is 6.47. The van der Waals surface area contributed by atoms with Crippen LogP contribution in [-0.2, 0) is 9.47 Å². The van der Waals surface area contributed by atoms with E-state index in [1.807, 2.05) is 25.1 Å². The van der Waals surface area contributed by atoms with Gasteiger partial charge < -0.3 is 19.7 Å². The Morgan fingerprint density at radius 2 is 2.24 bits per heavy atom. The molecule has 140 valence electrons. The van der Waals surface area contributed by atoms with Crippen LogP contribution >= 0.6 is 0 Å². The van der Waals surface area contributed by atoms with E-state index in [1.165, 1.54) is 0 Å². The van der Waals surface area contributed by atoms with Crippen LogP contribution in [0.1, 0.15) is 26.7 Å². The molecule has 1 aromatic heterocycles. The highest BCUT2D eigenvalue weighted by Crippen LogP contribution is 2.33. The van der Waals surface area contributed by atoms with E-state index < -0.39 is 0 Å². The topological polar surface area (TPSA) is 62.8 Å². The molecule has 7 nitrogen and oxygen atoms in total. The Balaban J connectivity index is 1.56. The lowest BCUT2D eigenvalue weighted by Gasteiger charge is -2.34. The Bertz CT molecular complexity index is 568. The molecule has 3 rings (SSSR count). The maximum Gasteiger partial charge on any atom is 0.133 e. The van der Waals surface area contributed by atoms with Crippen LogP contribution in [0.5, 0.6) is 0 Å².